The topological polar surface area (TPSA) is 127 Å². The number of carbonyl (C=O) groups is 2. The van der Waals surface area contributed by atoms with Crippen LogP contribution < -0.4 is 11.5 Å². The fraction of sp³-hybridized carbons (Fsp3) is 0.174. The average Bonchev–Trinajstić information content (AvgIpc) is 3.26. The van der Waals surface area contributed by atoms with Crippen LogP contribution in [0.15, 0.2) is 42.6 Å². The van der Waals surface area contributed by atoms with E-state index in [-0.39, 0.29) is 12.2 Å². The standard InChI is InChI=1S/C23H19N5O3/c1-27-12-9-23(31,22(27)30)8-5-15-3-2-4-17(13-15)19-18-14-16(6-10-24)7-11-28(18)21(26-19)20(25)29/h2-4,7,11,13-14,31H,9,12,24H2,1H3,(H2,25,29)/t23-/m0/s1. The predicted octanol–water partition coefficient (Wildman–Crippen LogP) is 0.313. The molecule has 1 aliphatic heterocycles. The zero-order valence-electron chi connectivity index (χ0n) is 16.7. The molecule has 1 fully saturated rings. The number of rotatable bonds is 2. The fourth-order valence-electron chi connectivity index (χ4n) is 3.52. The number of hydrogen-bond acceptors (Lipinski definition) is 5. The summed E-state index contributed by atoms with van der Waals surface area (Å²) in [5.74, 6) is 7.38. The normalized spacial score (nSPS) is 17.7. The molecule has 0 radical (unpaired) electrons. The zero-order valence-corrected chi connectivity index (χ0v) is 16.7. The monoisotopic (exact) mass is 413 g/mol. The second-order valence-electron chi connectivity index (χ2n) is 7.26. The lowest BCUT2D eigenvalue weighted by Crippen LogP contribution is -2.37. The minimum atomic E-state index is -1.68. The summed E-state index contributed by atoms with van der Waals surface area (Å²) in [6.45, 7) is 0.453. The molecule has 0 unspecified atom stereocenters. The highest BCUT2D eigenvalue weighted by Crippen LogP contribution is 2.27. The predicted molar refractivity (Wildman–Crippen MR) is 114 cm³/mol. The summed E-state index contributed by atoms with van der Waals surface area (Å²) >= 11 is 0. The second kappa shape index (κ2) is 7.52. The third kappa shape index (κ3) is 3.57. The summed E-state index contributed by atoms with van der Waals surface area (Å²) < 4.78 is 1.59. The van der Waals surface area contributed by atoms with Gasteiger partial charge in [0.25, 0.3) is 11.8 Å². The van der Waals surface area contributed by atoms with Gasteiger partial charge in [0.15, 0.2) is 0 Å². The number of fused-ring (bicyclic) bond motifs is 1. The van der Waals surface area contributed by atoms with Crippen LogP contribution >= 0.6 is 0 Å². The number of amides is 2. The minimum absolute atomic E-state index is 0.0858. The molecule has 154 valence electrons. The maximum Gasteiger partial charge on any atom is 0.285 e. The summed E-state index contributed by atoms with van der Waals surface area (Å²) in [6.07, 6.45) is 1.92. The van der Waals surface area contributed by atoms with Crippen molar-refractivity contribution in [2.75, 3.05) is 13.6 Å². The number of aliphatic hydroxyl groups is 1. The van der Waals surface area contributed by atoms with Crippen LogP contribution in [0, 0.1) is 23.8 Å². The van der Waals surface area contributed by atoms with E-state index in [4.69, 9.17) is 11.5 Å². The van der Waals surface area contributed by atoms with Gasteiger partial charge in [-0.15, -0.1) is 0 Å². The van der Waals surface area contributed by atoms with Crippen LogP contribution in [0.1, 0.15) is 28.2 Å². The van der Waals surface area contributed by atoms with Gasteiger partial charge in [-0.1, -0.05) is 24.0 Å². The van der Waals surface area contributed by atoms with Gasteiger partial charge < -0.3 is 21.5 Å². The maximum absolute atomic E-state index is 12.1. The van der Waals surface area contributed by atoms with Gasteiger partial charge in [0.05, 0.1) is 11.2 Å². The molecule has 1 aliphatic rings. The number of imidazole rings is 1. The lowest BCUT2D eigenvalue weighted by molar-refractivity contribution is -0.137. The SMILES string of the molecule is CN1CC[C@@](O)(C#Cc2cccc(-c3nc(C(N)=O)n4ccc(C#CN)cc34)c2)C1=O. The molecule has 31 heavy (non-hydrogen) atoms. The number of carbonyl (C=O) groups excluding carboxylic acids is 2. The first-order valence-corrected chi connectivity index (χ1v) is 9.47. The Morgan fingerprint density at radius 3 is 2.68 bits per heavy atom. The van der Waals surface area contributed by atoms with Crippen molar-refractivity contribution in [2.45, 2.75) is 12.0 Å². The van der Waals surface area contributed by atoms with Crippen molar-refractivity contribution in [3.8, 4) is 35.1 Å². The average molecular weight is 413 g/mol. The number of aromatic nitrogens is 2. The van der Waals surface area contributed by atoms with Crippen LogP contribution in [0.5, 0.6) is 0 Å². The van der Waals surface area contributed by atoms with E-state index < -0.39 is 17.4 Å². The first-order valence-electron chi connectivity index (χ1n) is 9.47. The van der Waals surface area contributed by atoms with Gasteiger partial charge in [-0.05, 0) is 30.2 Å². The lowest BCUT2D eigenvalue weighted by atomic mass is 10.0. The summed E-state index contributed by atoms with van der Waals surface area (Å²) in [6, 6.07) is 13.0. The molecule has 8 nitrogen and oxygen atoms in total. The Balaban J connectivity index is 1.80. The largest absolute Gasteiger partial charge is 0.369 e. The number of pyridine rings is 1. The lowest BCUT2D eigenvalue weighted by Gasteiger charge is -2.13. The second-order valence-corrected chi connectivity index (χ2v) is 7.26. The van der Waals surface area contributed by atoms with Crippen molar-refractivity contribution in [3.63, 3.8) is 0 Å². The van der Waals surface area contributed by atoms with Crippen LogP contribution in [0.2, 0.25) is 0 Å². The summed E-state index contributed by atoms with van der Waals surface area (Å²) in [5, 5.41) is 10.5. The summed E-state index contributed by atoms with van der Waals surface area (Å²) in [4.78, 5) is 29.9. The fourth-order valence-corrected chi connectivity index (χ4v) is 3.52. The molecule has 5 N–H and O–H groups in total. The molecular weight excluding hydrogens is 394 g/mol. The Hall–Kier alpha value is -4.27. The van der Waals surface area contributed by atoms with Crippen molar-refractivity contribution >= 4 is 17.3 Å². The Morgan fingerprint density at radius 2 is 2.00 bits per heavy atom. The third-order valence-corrected chi connectivity index (χ3v) is 5.14. The van der Waals surface area contributed by atoms with Crippen LogP contribution in [0.3, 0.4) is 0 Å². The number of nitrogens with two attached hydrogens (primary N) is 2. The molecule has 0 spiro atoms. The zero-order chi connectivity index (χ0) is 22.2. The number of nitrogens with zero attached hydrogens (tertiary/aromatic N) is 3. The molecule has 0 bridgehead atoms. The summed E-state index contributed by atoms with van der Waals surface area (Å²) in [5.41, 5.74) is 12.2. The van der Waals surface area contributed by atoms with Gasteiger partial charge >= 0.3 is 0 Å². The van der Waals surface area contributed by atoms with Crippen molar-refractivity contribution in [1.29, 1.82) is 0 Å². The molecule has 0 saturated carbocycles. The van der Waals surface area contributed by atoms with Gasteiger partial charge in [0, 0.05) is 48.9 Å². The first kappa shape index (κ1) is 20.0. The van der Waals surface area contributed by atoms with Gasteiger partial charge in [-0.25, -0.2) is 4.98 Å². The maximum atomic E-state index is 12.1. The van der Waals surface area contributed by atoms with Gasteiger partial charge in [-0.3, -0.25) is 14.0 Å². The molecule has 1 atom stereocenters. The summed E-state index contributed by atoms with van der Waals surface area (Å²) in [7, 11) is 1.63. The highest BCUT2D eigenvalue weighted by Gasteiger charge is 2.42. The van der Waals surface area contributed by atoms with E-state index in [1.807, 2.05) is 6.07 Å². The third-order valence-electron chi connectivity index (χ3n) is 5.14. The molecule has 8 heteroatoms. The van der Waals surface area contributed by atoms with Crippen molar-refractivity contribution in [2.24, 2.45) is 11.5 Å². The Bertz CT molecular complexity index is 1350. The molecule has 1 saturated heterocycles. The molecule has 2 aromatic heterocycles. The number of likely N-dealkylation sites (tertiary alicyclic amines) is 1. The first-order chi connectivity index (χ1) is 14.8. The molecule has 3 heterocycles. The Kier molecular flexibility index (Phi) is 4.86. The Labute approximate surface area is 178 Å². The molecule has 1 aromatic carbocycles. The van der Waals surface area contributed by atoms with Gasteiger partial charge in [0.2, 0.25) is 11.4 Å². The van der Waals surface area contributed by atoms with Crippen LogP contribution in [-0.2, 0) is 4.79 Å². The quantitative estimate of drug-likeness (QED) is 0.412. The molecule has 0 aliphatic carbocycles. The van der Waals surface area contributed by atoms with E-state index in [0.717, 1.165) is 0 Å². The number of likely N-dealkylation sites (N-methyl/N-ethyl adjacent to an activating group) is 1. The van der Waals surface area contributed by atoms with Crippen molar-refractivity contribution in [1.82, 2.24) is 14.3 Å². The highest BCUT2D eigenvalue weighted by atomic mass is 16.3. The number of primary amides is 1. The molecule has 3 aromatic rings. The van der Waals surface area contributed by atoms with E-state index in [1.54, 1.807) is 48.0 Å². The minimum Gasteiger partial charge on any atom is -0.369 e. The molecule has 4 rings (SSSR count). The van der Waals surface area contributed by atoms with Crippen LogP contribution in [-0.4, -0.2) is 50.4 Å². The highest BCUT2D eigenvalue weighted by molar-refractivity contribution is 5.94. The van der Waals surface area contributed by atoms with Crippen LogP contribution in [0.25, 0.3) is 16.8 Å². The molecule has 2 amide bonds. The van der Waals surface area contributed by atoms with Crippen molar-refractivity contribution in [3.05, 3.63) is 59.5 Å². The number of benzene rings is 1. The molecular formula is C23H19N5O3. The van der Waals surface area contributed by atoms with Crippen LogP contribution in [0.4, 0.5) is 0 Å². The number of hydrogen-bond donors (Lipinski definition) is 3. The van der Waals surface area contributed by atoms with Crippen molar-refractivity contribution < 1.29 is 14.7 Å². The van der Waals surface area contributed by atoms with E-state index in [1.165, 1.54) is 4.90 Å². The van der Waals surface area contributed by atoms with E-state index >= 15 is 0 Å². The van der Waals surface area contributed by atoms with Gasteiger partial charge in [0.1, 0.15) is 0 Å². The van der Waals surface area contributed by atoms with E-state index in [0.29, 0.717) is 34.4 Å². The Morgan fingerprint density at radius 1 is 1.23 bits per heavy atom. The van der Waals surface area contributed by atoms with E-state index in [2.05, 4.69) is 28.8 Å². The van der Waals surface area contributed by atoms with Gasteiger partial charge in [-0.2, -0.15) is 0 Å². The smallest absolute Gasteiger partial charge is 0.285 e. The van der Waals surface area contributed by atoms with E-state index in [9.17, 15) is 14.7 Å².